The molecule has 0 aliphatic heterocycles. The first-order valence-electron chi connectivity index (χ1n) is 7.66. The van der Waals surface area contributed by atoms with Crippen molar-refractivity contribution in [1.82, 2.24) is 15.2 Å². The molecule has 0 unspecified atom stereocenters. The van der Waals surface area contributed by atoms with Crippen molar-refractivity contribution in [3.05, 3.63) is 52.0 Å². The number of aliphatic imine (C=N–C) groups is 1. The smallest absolute Gasteiger partial charge is 0.194 e. The average Bonchev–Trinajstić information content (AvgIpc) is 3.27. The predicted molar refractivity (Wildman–Crippen MR) is 92.2 cm³/mol. The van der Waals surface area contributed by atoms with Gasteiger partial charge in [-0.05, 0) is 18.4 Å². The molecule has 0 amide bonds. The Labute approximate surface area is 135 Å². The summed E-state index contributed by atoms with van der Waals surface area (Å²) < 4.78 is 0. The zero-order valence-electron chi connectivity index (χ0n) is 13.1. The Hall–Kier alpha value is -1.88. The summed E-state index contributed by atoms with van der Waals surface area (Å²) in [7, 11) is 4.02. The number of guanidine groups is 1. The number of aromatic nitrogens is 1. The van der Waals surface area contributed by atoms with E-state index in [4.69, 9.17) is 4.98 Å². The van der Waals surface area contributed by atoms with Crippen LogP contribution in [-0.4, -0.2) is 29.9 Å². The summed E-state index contributed by atoms with van der Waals surface area (Å²) in [5.74, 6) is 1.62. The standard InChI is InChI=1S/C17H22N4S/c1-21(2)17(18-10-13-6-4-3-5-7-13)19-11-16-20-15(12-22-16)14-8-9-14/h3-7,12,14H,8-11H2,1-2H3,(H,18,19). The number of hydrogen-bond donors (Lipinski definition) is 1. The van der Waals surface area contributed by atoms with Gasteiger partial charge >= 0.3 is 0 Å². The van der Waals surface area contributed by atoms with E-state index in [1.165, 1.54) is 24.1 Å². The van der Waals surface area contributed by atoms with Crippen LogP contribution in [0.15, 0.2) is 40.7 Å². The van der Waals surface area contributed by atoms with E-state index in [0.29, 0.717) is 6.54 Å². The average molecular weight is 314 g/mol. The minimum atomic E-state index is 0.687. The summed E-state index contributed by atoms with van der Waals surface area (Å²) in [4.78, 5) is 11.4. The maximum atomic E-state index is 4.70. The van der Waals surface area contributed by atoms with E-state index in [9.17, 15) is 0 Å². The van der Waals surface area contributed by atoms with Crippen LogP contribution in [0.3, 0.4) is 0 Å². The summed E-state index contributed by atoms with van der Waals surface area (Å²) >= 11 is 1.74. The van der Waals surface area contributed by atoms with Gasteiger partial charge in [0.25, 0.3) is 0 Å². The fourth-order valence-electron chi connectivity index (χ4n) is 2.23. The molecule has 5 heteroatoms. The monoisotopic (exact) mass is 314 g/mol. The van der Waals surface area contributed by atoms with Gasteiger partial charge in [0.2, 0.25) is 0 Å². The summed E-state index contributed by atoms with van der Waals surface area (Å²) in [5, 5.41) is 6.74. The molecule has 0 radical (unpaired) electrons. The fourth-order valence-corrected chi connectivity index (χ4v) is 3.05. The highest BCUT2D eigenvalue weighted by Crippen LogP contribution is 2.40. The van der Waals surface area contributed by atoms with Crippen molar-refractivity contribution in [3.8, 4) is 0 Å². The SMILES string of the molecule is CN(C)C(=NCc1ccccc1)NCc1nc(C2CC2)cs1. The number of hydrogen-bond acceptors (Lipinski definition) is 3. The van der Waals surface area contributed by atoms with Crippen molar-refractivity contribution in [1.29, 1.82) is 0 Å². The molecule has 1 heterocycles. The lowest BCUT2D eigenvalue weighted by Crippen LogP contribution is -2.36. The van der Waals surface area contributed by atoms with Crippen LogP contribution in [0.2, 0.25) is 0 Å². The van der Waals surface area contributed by atoms with E-state index in [1.54, 1.807) is 11.3 Å². The van der Waals surface area contributed by atoms with E-state index < -0.39 is 0 Å². The van der Waals surface area contributed by atoms with Crippen molar-refractivity contribution in [3.63, 3.8) is 0 Å². The summed E-state index contributed by atoms with van der Waals surface area (Å²) in [6.45, 7) is 1.43. The molecule has 0 bridgehead atoms. The van der Waals surface area contributed by atoms with Crippen LogP contribution in [0.1, 0.15) is 35.0 Å². The third-order valence-electron chi connectivity index (χ3n) is 3.64. The second-order valence-corrected chi connectivity index (χ2v) is 6.76. The molecule has 1 fully saturated rings. The maximum Gasteiger partial charge on any atom is 0.194 e. The summed E-state index contributed by atoms with van der Waals surface area (Å²) in [6.07, 6.45) is 2.61. The maximum absolute atomic E-state index is 4.70. The van der Waals surface area contributed by atoms with Gasteiger partial charge in [0.15, 0.2) is 5.96 Å². The fraction of sp³-hybridized carbons (Fsp3) is 0.412. The Morgan fingerprint density at radius 2 is 2.09 bits per heavy atom. The van der Waals surface area contributed by atoms with E-state index in [-0.39, 0.29) is 0 Å². The molecule has 116 valence electrons. The second kappa shape index (κ2) is 6.92. The molecule has 22 heavy (non-hydrogen) atoms. The molecule has 1 saturated carbocycles. The van der Waals surface area contributed by atoms with Gasteiger partial charge in [-0.25, -0.2) is 9.98 Å². The highest BCUT2D eigenvalue weighted by Gasteiger charge is 2.25. The van der Waals surface area contributed by atoms with Crippen molar-refractivity contribution in [2.45, 2.75) is 31.8 Å². The molecule has 1 aromatic carbocycles. The Balaban J connectivity index is 1.58. The number of rotatable bonds is 5. The van der Waals surface area contributed by atoms with Crippen LogP contribution in [0.25, 0.3) is 0 Å². The van der Waals surface area contributed by atoms with Gasteiger partial charge in [-0.2, -0.15) is 0 Å². The molecule has 4 nitrogen and oxygen atoms in total. The lowest BCUT2D eigenvalue weighted by atomic mass is 10.2. The number of thiazole rings is 1. The molecular formula is C17H22N4S. The number of nitrogens with one attached hydrogen (secondary N) is 1. The quantitative estimate of drug-likeness (QED) is 0.680. The first-order valence-corrected chi connectivity index (χ1v) is 8.54. The van der Waals surface area contributed by atoms with Crippen molar-refractivity contribution >= 4 is 17.3 Å². The van der Waals surface area contributed by atoms with Crippen LogP contribution < -0.4 is 5.32 Å². The first-order chi connectivity index (χ1) is 10.7. The van der Waals surface area contributed by atoms with Crippen LogP contribution in [0.5, 0.6) is 0 Å². The van der Waals surface area contributed by atoms with Crippen molar-refractivity contribution in [2.24, 2.45) is 4.99 Å². The molecule has 1 aliphatic rings. The molecular weight excluding hydrogens is 292 g/mol. The van der Waals surface area contributed by atoms with Crippen LogP contribution in [0, 0.1) is 0 Å². The number of nitrogens with zero attached hydrogens (tertiary/aromatic N) is 3. The Bertz CT molecular complexity index is 629. The summed E-state index contributed by atoms with van der Waals surface area (Å²) in [6, 6.07) is 10.3. The van der Waals surface area contributed by atoms with Gasteiger partial charge in [-0.15, -0.1) is 11.3 Å². The normalized spacial score (nSPS) is 14.9. The summed E-state index contributed by atoms with van der Waals surface area (Å²) in [5.41, 5.74) is 2.49. The zero-order chi connectivity index (χ0) is 15.4. The van der Waals surface area contributed by atoms with Gasteiger partial charge in [0.1, 0.15) is 5.01 Å². The lowest BCUT2D eigenvalue weighted by Gasteiger charge is -2.17. The molecule has 1 aliphatic carbocycles. The third-order valence-corrected chi connectivity index (χ3v) is 4.51. The number of benzene rings is 1. The Kier molecular flexibility index (Phi) is 4.73. The molecule has 0 saturated heterocycles. The topological polar surface area (TPSA) is 40.5 Å². The first kappa shape index (κ1) is 15.0. The molecule has 3 rings (SSSR count). The third kappa shape index (κ3) is 4.07. The van der Waals surface area contributed by atoms with E-state index in [0.717, 1.165) is 23.4 Å². The van der Waals surface area contributed by atoms with Gasteiger partial charge in [0.05, 0.1) is 18.8 Å². The highest BCUT2D eigenvalue weighted by atomic mass is 32.1. The second-order valence-electron chi connectivity index (χ2n) is 5.81. The Morgan fingerprint density at radius 3 is 2.77 bits per heavy atom. The minimum Gasteiger partial charge on any atom is -0.350 e. The molecule has 2 aromatic rings. The lowest BCUT2D eigenvalue weighted by molar-refractivity contribution is 0.578. The molecule has 0 atom stereocenters. The van der Waals surface area contributed by atoms with Crippen LogP contribution in [-0.2, 0) is 13.1 Å². The van der Waals surface area contributed by atoms with E-state index in [1.807, 2.05) is 37.2 Å². The van der Waals surface area contributed by atoms with E-state index >= 15 is 0 Å². The Morgan fingerprint density at radius 1 is 1.32 bits per heavy atom. The van der Waals surface area contributed by atoms with Gasteiger partial charge < -0.3 is 10.2 Å². The molecule has 0 spiro atoms. The van der Waals surface area contributed by atoms with Gasteiger partial charge in [0, 0.05) is 25.4 Å². The minimum absolute atomic E-state index is 0.687. The van der Waals surface area contributed by atoms with Gasteiger partial charge in [-0.1, -0.05) is 30.3 Å². The largest absolute Gasteiger partial charge is 0.350 e. The van der Waals surface area contributed by atoms with Crippen LogP contribution in [0.4, 0.5) is 0 Å². The molecule has 1 N–H and O–H groups in total. The van der Waals surface area contributed by atoms with Crippen molar-refractivity contribution in [2.75, 3.05) is 14.1 Å². The van der Waals surface area contributed by atoms with Gasteiger partial charge in [-0.3, -0.25) is 0 Å². The predicted octanol–water partition coefficient (Wildman–Crippen LogP) is 3.23. The van der Waals surface area contributed by atoms with Crippen LogP contribution >= 0.6 is 11.3 Å². The molecule has 1 aromatic heterocycles. The zero-order valence-corrected chi connectivity index (χ0v) is 13.9. The van der Waals surface area contributed by atoms with E-state index in [2.05, 4.69) is 27.8 Å². The highest BCUT2D eigenvalue weighted by molar-refractivity contribution is 7.09. The van der Waals surface area contributed by atoms with Crippen molar-refractivity contribution < 1.29 is 0 Å².